The molecule has 0 fully saturated rings. The van der Waals surface area contributed by atoms with Crippen LogP contribution >= 0.6 is 23.4 Å². The molecule has 0 radical (unpaired) electrons. The maximum atomic E-state index is 12.4. The number of benzene rings is 2. The van der Waals surface area contributed by atoms with Crippen LogP contribution < -0.4 is 10.1 Å². The molecule has 0 aliphatic carbocycles. The molecule has 0 bridgehead atoms. The number of aliphatic imine (C=N–C) groups is 1. The number of hydrogen-bond acceptors (Lipinski definition) is 4. The molecule has 1 atom stereocenters. The zero-order valence-electron chi connectivity index (χ0n) is 15.0. The molecule has 0 unspecified atom stereocenters. The third kappa shape index (κ3) is 4.70. The maximum Gasteiger partial charge on any atom is 0.260 e. The number of carbonyl (C=O) groups excluding carboxylic acids is 2. The summed E-state index contributed by atoms with van der Waals surface area (Å²) < 4.78 is 5.42. The Kier molecular flexibility index (Phi) is 6.19. The van der Waals surface area contributed by atoms with Crippen LogP contribution in [0.3, 0.4) is 0 Å². The van der Waals surface area contributed by atoms with Crippen LogP contribution in [0.15, 0.2) is 47.5 Å². The van der Waals surface area contributed by atoms with E-state index in [0.717, 1.165) is 16.9 Å². The zero-order chi connectivity index (χ0) is 19.4. The van der Waals surface area contributed by atoms with E-state index in [9.17, 15) is 9.59 Å². The molecule has 5 nitrogen and oxygen atoms in total. The number of halogens is 1. The predicted molar refractivity (Wildman–Crippen MR) is 110 cm³/mol. The van der Waals surface area contributed by atoms with Crippen LogP contribution in [-0.2, 0) is 9.59 Å². The number of rotatable bonds is 6. The Hall–Kier alpha value is -2.31. The molecule has 2 aromatic carbocycles. The number of ether oxygens (including phenoxy) is 1. The minimum absolute atomic E-state index is 0.0550. The lowest BCUT2D eigenvalue weighted by Crippen LogP contribution is -2.21. The molecular weight excluding hydrogens is 384 g/mol. The van der Waals surface area contributed by atoms with E-state index < -0.39 is 5.25 Å². The van der Waals surface area contributed by atoms with Gasteiger partial charge in [0.2, 0.25) is 5.91 Å². The van der Waals surface area contributed by atoms with Crippen LogP contribution in [0.4, 0.5) is 5.69 Å². The standard InChI is InChI=1S/C20H19ClN2O3S/c1-3-26-14-9-7-13(8-10-14)20-23-19(25)17(27-20)11-18(24)22-16-6-4-5-15(21)12(16)2/h4-10,17H,3,11H2,1-2H3,(H,22,24)/t17-/m1/s1. The van der Waals surface area contributed by atoms with Crippen molar-refractivity contribution in [1.82, 2.24) is 0 Å². The summed E-state index contributed by atoms with van der Waals surface area (Å²) in [7, 11) is 0. The van der Waals surface area contributed by atoms with Gasteiger partial charge in [-0.25, -0.2) is 4.99 Å². The third-order valence-corrected chi connectivity index (χ3v) is 5.68. The first kappa shape index (κ1) is 19.5. The first-order chi connectivity index (χ1) is 13.0. The van der Waals surface area contributed by atoms with Gasteiger partial charge in [-0.1, -0.05) is 29.4 Å². The molecule has 27 heavy (non-hydrogen) atoms. The highest BCUT2D eigenvalue weighted by Gasteiger charge is 2.31. The minimum atomic E-state index is -0.522. The SMILES string of the molecule is CCOc1ccc(C2=NC(=O)[C@@H](CC(=O)Nc3cccc(Cl)c3C)S2)cc1. The molecule has 3 rings (SSSR count). The third-order valence-electron chi connectivity index (χ3n) is 4.07. The second kappa shape index (κ2) is 8.59. The highest BCUT2D eigenvalue weighted by atomic mass is 35.5. The molecule has 7 heteroatoms. The Balaban J connectivity index is 1.62. The summed E-state index contributed by atoms with van der Waals surface area (Å²) >= 11 is 7.38. The van der Waals surface area contributed by atoms with Gasteiger partial charge in [-0.15, -0.1) is 0 Å². The summed E-state index contributed by atoms with van der Waals surface area (Å²) in [6.07, 6.45) is 0.0550. The molecule has 0 saturated heterocycles. The minimum Gasteiger partial charge on any atom is -0.494 e. The number of carbonyl (C=O) groups is 2. The van der Waals surface area contributed by atoms with Crippen LogP contribution in [0.1, 0.15) is 24.5 Å². The first-order valence-corrected chi connectivity index (χ1v) is 9.81. The lowest BCUT2D eigenvalue weighted by molar-refractivity contribution is -0.121. The number of thioether (sulfide) groups is 1. The summed E-state index contributed by atoms with van der Waals surface area (Å²) in [5.74, 6) is 0.236. The Labute approximate surface area is 167 Å². The lowest BCUT2D eigenvalue weighted by Gasteiger charge is -2.11. The highest BCUT2D eigenvalue weighted by molar-refractivity contribution is 8.16. The van der Waals surface area contributed by atoms with Gasteiger partial charge in [0.05, 0.1) is 6.61 Å². The van der Waals surface area contributed by atoms with Crippen molar-refractivity contribution in [3.8, 4) is 5.75 Å². The van der Waals surface area contributed by atoms with Crippen LogP contribution in [0, 0.1) is 6.92 Å². The predicted octanol–water partition coefficient (Wildman–Crippen LogP) is 4.46. The van der Waals surface area contributed by atoms with Crippen molar-refractivity contribution in [2.45, 2.75) is 25.5 Å². The second-order valence-corrected chi connectivity index (χ2v) is 7.58. The Bertz CT molecular complexity index is 897. The van der Waals surface area contributed by atoms with Crippen molar-refractivity contribution >= 4 is 45.9 Å². The van der Waals surface area contributed by atoms with Crippen molar-refractivity contribution in [3.63, 3.8) is 0 Å². The number of nitrogens with one attached hydrogen (secondary N) is 1. The van der Waals surface area contributed by atoms with Crippen molar-refractivity contribution < 1.29 is 14.3 Å². The van der Waals surface area contributed by atoms with E-state index in [-0.39, 0.29) is 18.2 Å². The normalized spacial score (nSPS) is 16.2. The second-order valence-electron chi connectivity index (χ2n) is 5.98. The van der Waals surface area contributed by atoms with Gasteiger partial charge in [-0.05, 0) is 55.8 Å². The number of nitrogens with zero attached hydrogens (tertiary/aromatic N) is 1. The van der Waals surface area contributed by atoms with E-state index in [4.69, 9.17) is 16.3 Å². The monoisotopic (exact) mass is 402 g/mol. The van der Waals surface area contributed by atoms with Gasteiger partial charge in [-0.3, -0.25) is 9.59 Å². The molecule has 2 aromatic rings. The topological polar surface area (TPSA) is 67.8 Å². The van der Waals surface area contributed by atoms with E-state index in [1.165, 1.54) is 11.8 Å². The van der Waals surface area contributed by atoms with Crippen molar-refractivity contribution in [1.29, 1.82) is 0 Å². The fraction of sp³-hybridized carbons (Fsp3) is 0.250. The summed E-state index contributed by atoms with van der Waals surface area (Å²) in [5, 5.41) is 3.50. The summed E-state index contributed by atoms with van der Waals surface area (Å²) in [5.41, 5.74) is 2.28. The summed E-state index contributed by atoms with van der Waals surface area (Å²) in [6.45, 7) is 4.35. The van der Waals surface area contributed by atoms with Gasteiger partial charge in [0.15, 0.2) is 0 Å². The molecular formula is C20H19ClN2O3S. The summed E-state index contributed by atoms with van der Waals surface area (Å²) in [4.78, 5) is 28.7. The molecule has 0 saturated carbocycles. The quantitative estimate of drug-likeness (QED) is 0.774. The molecule has 1 aliphatic heterocycles. The van der Waals surface area contributed by atoms with Crippen molar-refractivity contribution in [2.24, 2.45) is 4.99 Å². The number of hydrogen-bond donors (Lipinski definition) is 1. The fourth-order valence-electron chi connectivity index (χ4n) is 2.62. The zero-order valence-corrected chi connectivity index (χ0v) is 16.6. The van der Waals surface area contributed by atoms with Gasteiger partial charge < -0.3 is 10.1 Å². The molecule has 0 spiro atoms. The Morgan fingerprint density at radius 2 is 2.00 bits per heavy atom. The average Bonchev–Trinajstić information content (AvgIpc) is 3.00. The van der Waals surface area contributed by atoms with Crippen LogP contribution in [0.2, 0.25) is 5.02 Å². The maximum absolute atomic E-state index is 12.4. The Morgan fingerprint density at radius 1 is 1.26 bits per heavy atom. The molecule has 1 heterocycles. The van der Waals surface area contributed by atoms with Crippen molar-refractivity contribution in [3.05, 3.63) is 58.6 Å². The van der Waals surface area contributed by atoms with E-state index in [0.29, 0.717) is 22.4 Å². The van der Waals surface area contributed by atoms with Gasteiger partial charge in [0.1, 0.15) is 16.0 Å². The molecule has 1 aliphatic rings. The Morgan fingerprint density at radius 3 is 2.70 bits per heavy atom. The van der Waals surface area contributed by atoms with Crippen LogP contribution in [-0.4, -0.2) is 28.7 Å². The smallest absolute Gasteiger partial charge is 0.260 e. The largest absolute Gasteiger partial charge is 0.494 e. The first-order valence-electron chi connectivity index (χ1n) is 8.55. The van der Waals surface area contributed by atoms with Crippen LogP contribution in [0.25, 0.3) is 0 Å². The fourth-order valence-corrected chi connectivity index (χ4v) is 3.87. The average molecular weight is 403 g/mol. The molecule has 2 amide bonds. The summed E-state index contributed by atoms with van der Waals surface area (Å²) in [6, 6.07) is 12.7. The van der Waals surface area contributed by atoms with Gasteiger partial charge in [0.25, 0.3) is 5.91 Å². The van der Waals surface area contributed by atoms with E-state index in [1.54, 1.807) is 18.2 Å². The molecule has 1 N–H and O–H groups in total. The molecule has 140 valence electrons. The van der Waals surface area contributed by atoms with Gasteiger partial charge in [-0.2, -0.15) is 0 Å². The van der Waals surface area contributed by atoms with Crippen molar-refractivity contribution in [2.75, 3.05) is 11.9 Å². The van der Waals surface area contributed by atoms with Gasteiger partial charge >= 0.3 is 0 Å². The van der Waals surface area contributed by atoms with E-state index >= 15 is 0 Å². The number of amides is 2. The van der Waals surface area contributed by atoms with Crippen LogP contribution in [0.5, 0.6) is 5.75 Å². The van der Waals surface area contributed by atoms with E-state index in [1.807, 2.05) is 38.1 Å². The van der Waals surface area contributed by atoms with Gasteiger partial charge in [0, 0.05) is 22.7 Å². The molecule has 0 aromatic heterocycles. The lowest BCUT2D eigenvalue weighted by atomic mass is 10.2. The highest BCUT2D eigenvalue weighted by Crippen LogP contribution is 2.30. The van der Waals surface area contributed by atoms with E-state index in [2.05, 4.69) is 10.3 Å². The number of anilines is 1.